The van der Waals surface area contributed by atoms with Crippen molar-refractivity contribution >= 4 is 33.7 Å². The highest BCUT2D eigenvalue weighted by Gasteiger charge is 2.32. The molecule has 0 radical (unpaired) electrons. The molecule has 0 saturated carbocycles. The number of nitrogens with zero attached hydrogens (tertiary/aromatic N) is 1. The summed E-state index contributed by atoms with van der Waals surface area (Å²) >= 11 is 1.27. The predicted octanol–water partition coefficient (Wildman–Crippen LogP) is 5.86. The van der Waals surface area contributed by atoms with Crippen LogP contribution in [0.15, 0.2) is 52.6 Å². The number of methoxy groups -OCH3 is 2. The van der Waals surface area contributed by atoms with Gasteiger partial charge in [0.25, 0.3) is 5.56 Å². The summed E-state index contributed by atoms with van der Waals surface area (Å²) in [5.41, 5.74) is 0.275. The Morgan fingerprint density at radius 2 is 1.78 bits per heavy atom. The van der Waals surface area contributed by atoms with Crippen molar-refractivity contribution in [1.29, 1.82) is 0 Å². The number of aromatic nitrogens is 2. The zero-order chi connectivity index (χ0) is 22.9. The van der Waals surface area contributed by atoms with Crippen LogP contribution in [0.25, 0.3) is 33.5 Å². The molecule has 0 atom stereocenters. The fraction of sp³-hybridized carbons (Fsp3) is 0.130. The van der Waals surface area contributed by atoms with Gasteiger partial charge in [-0.3, -0.25) is 4.79 Å². The molecule has 0 bridgehead atoms. The number of nitrogens with one attached hydrogen (secondary N) is 1. The number of benzene rings is 2. The summed E-state index contributed by atoms with van der Waals surface area (Å²) in [5, 5.41) is 2.20. The van der Waals surface area contributed by atoms with Crippen LogP contribution in [0, 0.1) is 0 Å². The fourth-order valence-electron chi connectivity index (χ4n) is 3.33. The first-order chi connectivity index (χ1) is 15.3. The largest absolute Gasteiger partial charge is 0.493 e. The number of thiophene rings is 1. The van der Waals surface area contributed by atoms with Crippen molar-refractivity contribution in [2.45, 2.75) is 6.18 Å². The van der Waals surface area contributed by atoms with Crippen LogP contribution in [0.5, 0.6) is 11.5 Å². The van der Waals surface area contributed by atoms with Gasteiger partial charge < -0.3 is 14.5 Å². The molecule has 4 rings (SSSR count). The standard InChI is InChI=1S/C23H17F3N2O3S/c1-30-17-9-7-14(11-18(17)31-2)15-12-32-22-20(15)21(29)27-19(28-22)10-8-13-5-3-4-6-16(13)23(24,25)26/h3-12H,1-2H3,(H,27,28,29)/b10-8+. The highest BCUT2D eigenvalue weighted by Crippen LogP contribution is 2.36. The van der Waals surface area contributed by atoms with Crippen molar-refractivity contribution in [2.75, 3.05) is 14.2 Å². The minimum absolute atomic E-state index is 0.0139. The fourth-order valence-corrected chi connectivity index (χ4v) is 4.28. The Balaban J connectivity index is 1.74. The molecule has 1 N–H and O–H groups in total. The van der Waals surface area contributed by atoms with E-state index in [4.69, 9.17) is 9.47 Å². The average Bonchev–Trinajstić information content (AvgIpc) is 3.21. The maximum absolute atomic E-state index is 13.2. The molecule has 0 unspecified atom stereocenters. The molecule has 0 aliphatic heterocycles. The lowest BCUT2D eigenvalue weighted by Gasteiger charge is -2.09. The van der Waals surface area contributed by atoms with Gasteiger partial charge in [0.2, 0.25) is 0 Å². The lowest BCUT2D eigenvalue weighted by atomic mass is 10.1. The van der Waals surface area contributed by atoms with Gasteiger partial charge in [-0.15, -0.1) is 11.3 Å². The second-order valence-corrected chi connectivity index (χ2v) is 7.63. The predicted molar refractivity (Wildman–Crippen MR) is 119 cm³/mol. The Hall–Kier alpha value is -3.59. The van der Waals surface area contributed by atoms with Crippen LogP contribution in [-0.4, -0.2) is 24.2 Å². The number of H-pyrrole nitrogens is 1. The van der Waals surface area contributed by atoms with E-state index in [0.717, 1.165) is 11.6 Å². The third kappa shape index (κ3) is 4.11. The summed E-state index contributed by atoms with van der Waals surface area (Å²) < 4.78 is 50.1. The van der Waals surface area contributed by atoms with Gasteiger partial charge in [0.15, 0.2) is 11.5 Å². The average molecular weight is 458 g/mol. The van der Waals surface area contributed by atoms with E-state index in [1.165, 1.54) is 55.9 Å². The zero-order valence-electron chi connectivity index (χ0n) is 17.0. The minimum Gasteiger partial charge on any atom is -0.493 e. The molecule has 0 amide bonds. The van der Waals surface area contributed by atoms with Crippen LogP contribution in [0.3, 0.4) is 0 Å². The first-order valence-electron chi connectivity index (χ1n) is 9.40. The third-order valence-electron chi connectivity index (χ3n) is 4.84. The molecule has 0 fully saturated rings. The molecule has 9 heteroatoms. The molecule has 32 heavy (non-hydrogen) atoms. The van der Waals surface area contributed by atoms with Crippen molar-refractivity contribution in [1.82, 2.24) is 9.97 Å². The van der Waals surface area contributed by atoms with E-state index in [2.05, 4.69) is 9.97 Å². The molecule has 0 saturated heterocycles. The van der Waals surface area contributed by atoms with E-state index >= 15 is 0 Å². The summed E-state index contributed by atoms with van der Waals surface area (Å²) in [6.07, 6.45) is -1.83. The Bertz CT molecular complexity index is 1370. The molecule has 0 aliphatic carbocycles. The molecule has 2 heterocycles. The molecular weight excluding hydrogens is 441 g/mol. The monoisotopic (exact) mass is 458 g/mol. The van der Waals surface area contributed by atoms with E-state index in [1.54, 1.807) is 17.5 Å². The third-order valence-corrected chi connectivity index (χ3v) is 5.72. The van der Waals surface area contributed by atoms with Crippen molar-refractivity contribution in [3.05, 3.63) is 75.1 Å². The van der Waals surface area contributed by atoms with Crippen molar-refractivity contribution < 1.29 is 22.6 Å². The first-order valence-corrected chi connectivity index (χ1v) is 10.3. The SMILES string of the molecule is COc1ccc(-c2csc3nc(/C=C/c4ccccc4C(F)(F)F)[nH]c(=O)c23)cc1OC. The summed E-state index contributed by atoms with van der Waals surface area (Å²) in [7, 11) is 3.06. The molecule has 2 aromatic heterocycles. The minimum atomic E-state index is -4.48. The Morgan fingerprint density at radius 1 is 1.03 bits per heavy atom. The van der Waals surface area contributed by atoms with Crippen LogP contribution < -0.4 is 15.0 Å². The van der Waals surface area contributed by atoms with Crippen molar-refractivity contribution in [2.24, 2.45) is 0 Å². The number of alkyl halides is 3. The number of ether oxygens (including phenoxy) is 2. The smallest absolute Gasteiger partial charge is 0.416 e. The van der Waals surface area contributed by atoms with E-state index in [-0.39, 0.29) is 16.9 Å². The number of hydrogen-bond acceptors (Lipinski definition) is 5. The summed E-state index contributed by atoms with van der Waals surface area (Å²) in [4.78, 5) is 20.3. The van der Waals surface area contributed by atoms with Gasteiger partial charge in [-0.05, 0) is 35.4 Å². The summed E-state index contributed by atoms with van der Waals surface area (Å²) in [6.45, 7) is 0. The quantitative estimate of drug-likeness (QED) is 0.407. The van der Waals surface area contributed by atoms with Gasteiger partial charge >= 0.3 is 6.18 Å². The van der Waals surface area contributed by atoms with Crippen molar-refractivity contribution in [3.8, 4) is 22.6 Å². The van der Waals surface area contributed by atoms with E-state index < -0.39 is 11.7 Å². The topological polar surface area (TPSA) is 64.2 Å². The number of hydrogen-bond donors (Lipinski definition) is 1. The zero-order valence-corrected chi connectivity index (χ0v) is 17.8. The number of halogens is 3. The number of aromatic amines is 1. The van der Waals surface area contributed by atoms with E-state index in [9.17, 15) is 18.0 Å². The van der Waals surface area contributed by atoms with Crippen molar-refractivity contribution in [3.63, 3.8) is 0 Å². The highest BCUT2D eigenvalue weighted by molar-refractivity contribution is 7.17. The van der Waals surface area contributed by atoms with Gasteiger partial charge in [-0.2, -0.15) is 13.2 Å². The van der Waals surface area contributed by atoms with Gasteiger partial charge in [0.05, 0.1) is 25.2 Å². The van der Waals surface area contributed by atoms with Crippen LogP contribution in [0.1, 0.15) is 17.0 Å². The van der Waals surface area contributed by atoms with Crippen LogP contribution in [0.2, 0.25) is 0 Å². The molecule has 0 spiro atoms. The molecule has 5 nitrogen and oxygen atoms in total. The van der Waals surface area contributed by atoms with E-state index in [0.29, 0.717) is 27.3 Å². The molecule has 0 aliphatic rings. The van der Waals surface area contributed by atoms with Gasteiger partial charge in [0.1, 0.15) is 10.7 Å². The summed E-state index contributed by atoms with van der Waals surface area (Å²) in [5.74, 6) is 1.26. The second kappa shape index (κ2) is 8.51. The van der Waals surface area contributed by atoms with E-state index in [1.807, 2.05) is 6.07 Å². The number of fused-ring (bicyclic) bond motifs is 1. The van der Waals surface area contributed by atoms with Crippen LogP contribution >= 0.6 is 11.3 Å². The van der Waals surface area contributed by atoms with Gasteiger partial charge in [-0.25, -0.2) is 4.98 Å². The Morgan fingerprint density at radius 3 is 2.50 bits per heavy atom. The Labute approximate surface area is 184 Å². The lowest BCUT2D eigenvalue weighted by molar-refractivity contribution is -0.137. The first kappa shape index (κ1) is 21.6. The van der Waals surface area contributed by atoms with Crippen LogP contribution in [0.4, 0.5) is 13.2 Å². The van der Waals surface area contributed by atoms with Gasteiger partial charge in [-0.1, -0.05) is 30.3 Å². The Kier molecular flexibility index (Phi) is 5.75. The maximum atomic E-state index is 13.2. The maximum Gasteiger partial charge on any atom is 0.416 e. The van der Waals surface area contributed by atoms with Gasteiger partial charge in [0, 0.05) is 10.9 Å². The molecular formula is C23H17F3N2O3S. The molecule has 4 aromatic rings. The summed E-state index contributed by atoms with van der Waals surface area (Å²) in [6, 6.07) is 10.5. The normalized spacial score (nSPS) is 11.9. The molecule has 2 aromatic carbocycles. The highest BCUT2D eigenvalue weighted by atomic mass is 32.1. The second-order valence-electron chi connectivity index (χ2n) is 6.77. The number of rotatable bonds is 5. The van der Waals surface area contributed by atoms with Crippen LogP contribution in [-0.2, 0) is 6.18 Å². The molecule has 164 valence electrons. The lowest BCUT2D eigenvalue weighted by Crippen LogP contribution is -2.09.